The van der Waals surface area contributed by atoms with E-state index in [-0.39, 0.29) is 6.61 Å². The highest BCUT2D eigenvalue weighted by Gasteiger charge is 2.39. The Morgan fingerprint density at radius 2 is 2.05 bits per heavy atom. The zero-order valence-electron chi connectivity index (χ0n) is 10.1. The fourth-order valence-electron chi connectivity index (χ4n) is 1.46. The second kappa shape index (κ2) is 6.34. The number of alkyl halides is 5. The lowest BCUT2D eigenvalue weighted by atomic mass is 10.1. The Bertz CT molecular complexity index is 504. The highest BCUT2D eigenvalue weighted by Crippen LogP contribution is 2.40. The van der Waals surface area contributed by atoms with Gasteiger partial charge in [-0.25, -0.2) is 8.78 Å². The highest BCUT2D eigenvalue weighted by molar-refractivity contribution is 6.32. The molecule has 0 radical (unpaired) electrons. The van der Waals surface area contributed by atoms with Gasteiger partial charge in [-0.2, -0.15) is 13.2 Å². The number of rotatable bonds is 4. The number of aromatic nitrogens is 1. The number of esters is 1. The van der Waals surface area contributed by atoms with Crippen molar-refractivity contribution in [1.82, 2.24) is 4.98 Å². The van der Waals surface area contributed by atoms with Gasteiger partial charge in [-0.3, -0.25) is 9.78 Å². The first kappa shape index (κ1) is 16.6. The molecular weight excluding hydrogens is 309 g/mol. The first-order valence-corrected chi connectivity index (χ1v) is 5.74. The van der Waals surface area contributed by atoms with Crippen LogP contribution in [0.25, 0.3) is 0 Å². The van der Waals surface area contributed by atoms with Gasteiger partial charge in [-0.1, -0.05) is 11.6 Å². The Hall–Kier alpha value is -1.44. The molecule has 9 heteroatoms. The van der Waals surface area contributed by atoms with Gasteiger partial charge in [-0.15, -0.1) is 0 Å². The van der Waals surface area contributed by atoms with E-state index in [1.165, 1.54) is 6.92 Å². The van der Waals surface area contributed by atoms with E-state index in [2.05, 4.69) is 9.72 Å². The monoisotopic (exact) mass is 317 g/mol. The van der Waals surface area contributed by atoms with E-state index in [0.717, 1.165) is 0 Å². The molecule has 1 rings (SSSR count). The van der Waals surface area contributed by atoms with E-state index in [9.17, 15) is 26.7 Å². The van der Waals surface area contributed by atoms with Crippen LogP contribution < -0.4 is 0 Å². The zero-order valence-corrected chi connectivity index (χ0v) is 10.9. The quantitative estimate of drug-likeness (QED) is 0.626. The summed E-state index contributed by atoms with van der Waals surface area (Å²) < 4.78 is 68.2. The number of ether oxygens (including phenoxy) is 1. The Balaban J connectivity index is 3.31. The van der Waals surface area contributed by atoms with Crippen LogP contribution in [0.15, 0.2) is 6.20 Å². The van der Waals surface area contributed by atoms with Crippen molar-refractivity contribution in [2.45, 2.75) is 25.9 Å². The third-order valence-electron chi connectivity index (χ3n) is 2.26. The predicted octanol–water partition coefficient (Wildman–Crippen LogP) is 3.80. The van der Waals surface area contributed by atoms with Gasteiger partial charge >= 0.3 is 12.1 Å². The standard InChI is InChI=1S/C11H9ClF5NO2/c1-2-20-7(19)3-6-8(11(15,16)17)9(12)5(4-18-6)10(13)14/h4,10H,2-3H2,1H3. The summed E-state index contributed by atoms with van der Waals surface area (Å²) in [6, 6.07) is 0. The van der Waals surface area contributed by atoms with Crippen molar-refractivity contribution >= 4 is 17.6 Å². The number of hydrogen-bond donors (Lipinski definition) is 0. The summed E-state index contributed by atoms with van der Waals surface area (Å²) in [6.45, 7) is 1.45. The van der Waals surface area contributed by atoms with Gasteiger partial charge in [0.1, 0.15) is 0 Å². The molecule has 0 saturated carbocycles. The van der Waals surface area contributed by atoms with Crippen LogP contribution in [0.5, 0.6) is 0 Å². The Labute approximate surface area is 115 Å². The molecule has 3 nitrogen and oxygen atoms in total. The van der Waals surface area contributed by atoms with E-state index in [1.54, 1.807) is 0 Å². The molecule has 0 atom stereocenters. The lowest BCUT2D eigenvalue weighted by Gasteiger charge is -2.15. The molecular formula is C11H9ClF5NO2. The van der Waals surface area contributed by atoms with Crippen molar-refractivity contribution < 1.29 is 31.5 Å². The van der Waals surface area contributed by atoms with Crippen LogP contribution in [-0.4, -0.2) is 17.6 Å². The van der Waals surface area contributed by atoms with Crippen LogP contribution in [0.2, 0.25) is 5.02 Å². The van der Waals surface area contributed by atoms with Crippen molar-refractivity contribution in [3.05, 3.63) is 28.0 Å². The largest absolute Gasteiger partial charge is 0.466 e. The third kappa shape index (κ3) is 3.78. The van der Waals surface area contributed by atoms with Gasteiger partial charge in [0.05, 0.1) is 34.9 Å². The molecule has 0 saturated heterocycles. The van der Waals surface area contributed by atoms with Crippen LogP contribution in [-0.2, 0) is 22.1 Å². The van der Waals surface area contributed by atoms with E-state index in [1.807, 2.05) is 0 Å². The number of halogens is 6. The van der Waals surface area contributed by atoms with Crippen LogP contribution in [0.3, 0.4) is 0 Å². The summed E-state index contributed by atoms with van der Waals surface area (Å²) in [5, 5.41) is -1.15. The number of hydrogen-bond acceptors (Lipinski definition) is 3. The molecule has 0 unspecified atom stereocenters. The summed E-state index contributed by atoms with van der Waals surface area (Å²) in [5.74, 6) is -0.952. The average Bonchev–Trinajstić information content (AvgIpc) is 2.26. The minimum absolute atomic E-state index is 0.0248. The minimum atomic E-state index is -5.00. The van der Waals surface area contributed by atoms with Gasteiger partial charge in [0.15, 0.2) is 0 Å². The van der Waals surface area contributed by atoms with Gasteiger partial charge in [0.25, 0.3) is 6.43 Å². The van der Waals surface area contributed by atoms with Gasteiger partial charge < -0.3 is 4.74 Å². The number of carbonyl (C=O) groups excluding carboxylic acids is 1. The van der Waals surface area contributed by atoms with Crippen molar-refractivity contribution in [3.8, 4) is 0 Å². The van der Waals surface area contributed by atoms with E-state index in [0.29, 0.717) is 6.20 Å². The van der Waals surface area contributed by atoms with Gasteiger partial charge in [0, 0.05) is 6.20 Å². The maximum Gasteiger partial charge on any atom is 0.419 e. The zero-order chi connectivity index (χ0) is 15.5. The topological polar surface area (TPSA) is 39.2 Å². The second-order valence-electron chi connectivity index (χ2n) is 3.63. The Morgan fingerprint density at radius 1 is 1.45 bits per heavy atom. The Morgan fingerprint density at radius 3 is 2.50 bits per heavy atom. The van der Waals surface area contributed by atoms with Crippen LogP contribution in [0, 0.1) is 0 Å². The number of carbonyl (C=O) groups is 1. The maximum atomic E-state index is 12.9. The molecule has 20 heavy (non-hydrogen) atoms. The average molecular weight is 318 g/mol. The smallest absolute Gasteiger partial charge is 0.419 e. The lowest BCUT2D eigenvalue weighted by Crippen LogP contribution is -2.17. The van der Waals surface area contributed by atoms with Crippen molar-refractivity contribution in [2.75, 3.05) is 6.61 Å². The van der Waals surface area contributed by atoms with Crippen LogP contribution in [0.1, 0.15) is 30.2 Å². The predicted molar refractivity (Wildman–Crippen MR) is 59.5 cm³/mol. The molecule has 0 aliphatic rings. The Kier molecular flexibility index (Phi) is 5.27. The molecule has 0 fully saturated rings. The SMILES string of the molecule is CCOC(=O)Cc1ncc(C(F)F)c(Cl)c1C(F)(F)F. The number of nitrogens with zero attached hydrogens (tertiary/aromatic N) is 1. The number of pyridine rings is 1. The molecule has 0 amide bonds. The first-order valence-electron chi connectivity index (χ1n) is 5.36. The maximum absolute atomic E-state index is 12.9. The molecule has 1 aromatic rings. The fourth-order valence-corrected chi connectivity index (χ4v) is 1.81. The van der Waals surface area contributed by atoms with Gasteiger partial charge in [-0.05, 0) is 6.92 Å². The molecule has 1 heterocycles. The summed E-state index contributed by atoms with van der Waals surface area (Å²) in [6.07, 6.45) is -8.48. The highest BCUT2D eigenvalue weighted by atomic mass is 35.5. The summed E-state index contributed by atoms with van der Waals surface area (Å²) in [7, 11) is 0. The molecule has 0 aliphatic carbocycles. The van der Waals surface area contributed by atoms with E-state index in [4.69, 9.17) is 11.6 Å². The molecule has 0 bridgehead atoms. The van der Waals surface area contributed by atoms with Crippen molar-refractivity contribution in [3.63, 3.8) is 0 Å². The summed E-state index contributed by atoms with van der Waals surface area (Å²) in [5.41, 5.74) is -3.32. The third-order valence-corrected chi connectivity index (χ3v) is 2.66. The van der Waals surface area contributed by atoms with Crippen LogP contribution in [0.4, 0.5) is 22.0 Å². The second-order valence-corrected chi connectivity index (χ2v) is 4.01. The molecule has 0 aliphatic heterocycles. The first-order chi connectivity index (χ1) is 9.18. The van der Waals surface area contributed by atoms with Gasteiger partial charge in [0.2, 0.25) is 0 Å². The van der Waals surface area contributed by atoms with Crippen molar-refractivity contribution in [1.29, 1.82) is 0 Å². The molecule has 1 aromatic heterocycles. The fraction of sp³-hybridized carbons (Fsp3) is 0.455. The summed E-state index contributed by atoms with van der Waals surface area (Å²) >= 11 is 5.36. The van der Waals surface area contributed by atoms with E-state index >= 15 is 0 Å². The molecule has 0 spiro atoms. The molecule has 0 N–H and O–H groups in total. The van der Waals surface area contributed by atoms with Crippen molar-refractivity contribution in [2.24, 2.45) is 0 Å². The van der Waals surface area contributed by atoms with Crippen LogP contribution >= 0.6 is 11.6 Å². The summed E-state index contributed by atoms with van der Waals surface area (Å²) in [4.78, 5) is 14.5. The molecule has 112 valence electrons. The minimum Gasteiger partial charge on any atom is -0.466 e. The lowest BCUT2D eigenvalue weighted by molar-refractivity contribution is -0.143. The normalized spacial score (nSPS) is 11.8. The molecule has 0 aromatic carbocycles. The van der Waals surface area contributed by atoms with E-state index < -0.39 is 46.8 Å².